The molecular formula is C15H22N2O. The van der Waals surface area contributed by atoms with Gasteiger partial charge in [-0.15, -0.1) is 0 Å². The van der Waals surface area contributed by atoms with Crippen LogP contribution in [0.5, 0.6) is 5.75 Å². The van der Waals surface area contributed by atoms with Crippen molar-refractivity contribution in [1.82, 2.24) is 4.57 Å². The van der Waals surface area contributed by atoms with Crippen LogP contribution in [0.4, 0.5) is 0 Å². The Morgan fingerprint density at radius 2 is 2.00 bits per heavy atom. The lowest BCUT2D eigenvalue weighted by Crippen LogP contribution is -2.27. The number of hydrogen-bond acceptors (Lipinski definition) is 2. The number of nitrogens with zero attached hydrogens (tertiary/aromatic N) is 1. The first kappa shape index (κ1) is 13.0. The summed E-state index contributed by atoms with van der Waals surface area (Å²) in [6, 6.07) is 4.28. The van der Waals surface area contributed by atoms with Gasteiger partial charge in [0.15, 0.2) is 0 Å². The van der Waals surface area contributed by atoms with E-state index in [9.17, 15) is 0 Å². The van der Waals surface area contributed by atoms with Crippen LogP contribution in [-0.4, -0.2) is 18.2 Å². The van der Waals surface area contributed by atoms with Crippen molar-refractivity contribution in [3.63, 3.8) is 0 Å². The standard InChI is InChI=1S/C15H22N2O/c1-10-6-11-12(15(2,3)9-16)8-17(4)14(11)13(7-10)18-5/h6-8H,9,16H2,1-5H3. The minimum absolute atomic E-state index is 0.0294. The van der Waals surface area contributed by atoms with Crippen LogP contribution in [0.25, 0.3) is 10.9 Å². The van der Waals surface area contributed by atoms with E-state index < -0.39 is 0 Å². The van der Waals surface area contributed by atoms with Gasteiger partial charge in [0.2, 0.25) is 0 Å². The summed E-state index contributed by atoms with van der Waals surface area (Å²) in [6.45, 7) is 7.07. The van der Waals surface area contributed by atoms with E-state index in [0.29, 0.717) is 6.54 Å². The average molecular weight is 246 g/mol. The molecule has 2 aromatic rings. The summed E-state index contributed by atoms with van der Waals surface area (Å²) in [5.74, 6) is 0.923. The van der Waals surface area contributed by atoms with Gasteiger partial charge in [-0.25, -0.2) is 0 Å². The molecule has 0 aliphatic carbocycles. The third-order valence-corrected chi connectivity index (χ3v) is 3.64. The summed E-state index contributed by atoms with van der Waals surface area (Å²) in [7, 11) is 3.77. The van der Waals surface area contributed by atoms with Crippen molar-refractivity contribution < 1.29 is 4.74 Å². The van der Waals surface area contributed by atoms with Crippen LogP contribution in [0.3, 0.4) is 0 Å². The number of benzene rings is 1. The molecule has 2 rings (SSSR count). The molecule has 0 unspecified atom stereocenters. The highest BCUT2D eigenvalue weighted by Gasteiger charge is 2.24. The van der Waals surface area contributed by atoms with Crippen LogP contribution in [0, 0.1) is 6.92 Å². The van der Waals surface area contributed by atoms with Gasteiger partial charge in [-0.1, -0.05) is 13.8 Å². The highest BCUT2D eigenvalue weighted by molar-refractivity contribution is 5.90. The summed E-state index contributed by atoms with van der Waals surface area (Å²) in [6.07, 6.45) is 2.17. The summed E-state index contributed by atoms with van der Waals surface area (Å²) >= 11 is 0. The molecule has 0 aliphatic rings. The van der Waals surface area contributed by atoms with E-state index in [4.69, 9.17) is 10.5 Å². The zero-order valence-electron chi connectivity index (χ0n) is 11.9. The molecule has 3 nitrogen and oxygen atoms in total. The monoisotopic (exact) mass is 246 g/mol. The normalized spacial score (nSPS) is 12.1. The van der Waals surface area contributed by atoms with E-state index in [2.05, 4.69) is 50.7 Å². The van der Waals surface area contributed by atoms with Crippen LogP contribution >= 0.6 is 0 Å². The predicted octanol–water partition coefficient (Wildman–Crippen LogP) is 2.73. The quantitative estimate of drug-likeness (QED) is 0.904. The fourth-order valence-corrected chi connectivity index (χ4v) is 2.45. The Kier molecular flexibility index (Phi) is 3.11. The number of ether oxygens (including phenoxy) is 1. The van der Waals surface area contributed by atoms with E-state index in [0.717, 1.165) is 11.3 Å². The second kappa shape index (κ2) is 4.32. The van der Waals surface area contributed by atoms with Gasteiger partial charge in [0.25, 0.3) is 0 Å². The first-order valence-corrected chi connectivity index (χ1v) is 6.25. The number of rotatable bonds is 3. The summed E-state index contributed by atoms with van der Waals surface area (Å²) in [5, 5.41) is 1.24. The molecule has 0 saturated carbocycles. The maximum Gasteiger partial charge on any atom is 0.143 e. The van der Waals surface area contributed by atoms with Crippen molar-refractivity contribution in [2.45, 2.75) is 26.2 Å². The van der Waals surface area contributed by atoms with Crippen molar-refractivity contribution in [1.29, 1.82) is 0 Å². The number of hydrogen-bond donors (Lipinski definition) is 1. The molecule has 0 saturated heterocycles. The van der Waals surface area contributed by atoms with Gasteiger partial charge < -0.3 is 15.0 Å². The molecule has 0 aliphatic heterocycles. The summed E-state index contributed by atoms with van der Waals surface area (Å²) < 4.78 is 7.62. The zero-order valence-corrected chi connectivity index (χ0v) is 11.9. The molecule has 18 heavy (non-hydrogen) atoms. The maximum absolute atomic E-state index is 5.91. The molecular weight excluding hydrogens is 224 g/mol. The molecule has 0 amide bonds. The Labute approximate surface area is 109 Å². The third kappa shape index (κ3) is 1.89. The second-order valence-corrected chi connectivity index (χ2v) is 5.61. The first-order chi connectivity index (χ1) is 8.40. The lowest BCUT2D eigenvalue weighted by atomic mass is 9.84. The highest BCUT2D eigenvalue weighted by atomic mass is 16.5. The zero-order chi connectivity index (χ0) is 13.5. The van der Waals surface area contributed by atoms with Gasteiger partial charge in [0.05, 0.1) is 12.6 Å². The van der Waals surface area contributed by atoms with E-state index >= 15 is 0 Å². The molecule has 1 aromatic heterocycles. The maximum atomic E-state index is 5.91. The van der Waals surface area contributed by atoms with Gasteiger partial charge in [0, 0.05) is 30.6 Å². The number of aromatic nitrogens is 1. The molecule has 1 aromatic carbocycles. The van der Waals surface area contributed by atoms with Crippen molar-refractivity contribution in [2.24, 2.45) is 12.8 Å². The lowest BCUT2D eigenvalue weighted by Gasteiger charge is -2.22. The molecule has 2 N–H and O–H groups in total. The molecule has 0 spiro atoms. The molecule has 3 heteroatoms. The van der Waals surface area contributed by atoms with Gasteiger partial charge in [0.1, 0.15) is 5.75 Å². The largest absolute Gasteiger partial charge is 0.495 e. The van der Waals surface area contributed by atoms with Gasteiger partial charge in [-0.3, -0.25) is 0 Å². The molecule has 1 heterocycles. The average Bonchev–Trinajstić information content (AvgIpc) is 2.66. The summed E-state index contributed by atoms with van der Waals surface area (Å²) in [4.78, 5) is 0. The Balaban J connectivity index is 2.83. The van der Waals surface area contributed by atoms with E-state index in [1.807, 2.05) is 0 Å². The smallest absolute Gasteiger partial charge is 0.143 e. The second-order valence-electron chi connectivity index (χ2n) is 5.61. The van der Waals surface area contributed by atoms with Crippen LogP contribution in [-0.2, 0) is 12.5 Å². The molecule has 0 atom stereocenters. The topological polar surface area (TPSA) is 40.2 Å². The van der Waals surface area contributed by atoms with Gasteiger partial charge >= 0.3 is 0 Å². The molecule has 0 fully saturated rings. The van der Waals surface area contributed by atoms with Crippen LogP contribution in [0.2, 0.25) is 0 Å². The molecule has 0 radical (unpaired) electrons. The predicted molar refractivity (Wildman–Crippen MR) is 76.3 cm³/mol. The molecule has 0 bridgehead atoms. The van der Waals surface area contributed by atoms with E-state index in [1.165, 1.54) is 16.5 Å². The number of methoxy groups -OCH3 is 1. The Morgan fingerprint density at radius 1 is 1.33 bits per heavy atom. The fraction of sp³-hybridized carbons (Fsp3) is 0.467. The summed E-state index contributed by atoms with van der Waals surface area (Å²) in [5.41, 5.74) is 9.51. The Bertz CT molecular complexity index is 582. The van der Waals surface area contributed by atoms with Gasteiger partial charge in [-0.05, 0) is 30.2 Å². The Hall–Kier alpha value is -1.48. The fourth-order valence-electron chi connectivity index (χ4n) is 2.45. The SMILES string of the molecule is COc1cc(C)cc2c(C(C)(C)CN)cn(C)c12. The molecule has 98 valence electrons. The lowest BCUT2D eigenvalue weighted by molar-refractivity contribution is 0.417. The van der Waals surface area contributed by atoms with Crippen molar-refractivity contribution in [3.05, 3.63) is 29.5 Å². The number of aryl methyl sites for hydroxylation is 2. The first-order valence-electron chi connectivity index (χ1n) is 6.25. The van der Waals surface area contributed by atoms with E-state index in [1.54, 1.807) is 7.11 Å². The number of nitrogens with two attached hydrogens (primary N) is 1. The van der Waals surface area contributed by atoms with Crippen molar-refractivity contribution in [2.75, 3.05) is 13.7 Å². The minimum atomic E-state index is -0.0294. The highest BCUT2D eigenvalue weighted by Crippen LogP contribution is 2.36. The third-order valence-electron chi connectivity index (χ3n) is 3.64. The minimum Gasteiger partial charge on any atom is -0.495 e. The van der Waals surface area contributed by atoms with Crippen molar-refractivity contribution in [3.8, 4) is 5.75 Å². The number of fused-ring (bicyclic) bond motifs is 1. The Morgan fingerprint density at radius 3 is 2.56 bits per heavy atom. The van der Waals surface area contributed by atoms with Gasteiger partial charge in [-0.2, -0.15) is 0 Å². The van der Waals surface area contributed by atoms with Crippen LogP contribution < -0.4 is 10.5 Å². The van der Waals surface area contributed by atoms with Crippen LogP contribution in [0.15, 0.2) is 18.3 Å². The van der Waals surface area contributed by atoms with Crippen LogP contribution in [0.1, 0.15) is 25.0 Å². The van der Waals surface area contributed by atoms with Crippen molar-refractivity contribution >= 4 is 10.9 Å². The van der Waals surface area contributed by atoms with E-state index in [-0.39, 0.29) is 5.41 Å².